The van der Waals surface area contributed by atoms with Gasteiger partial charge in [0.1, 0.15) is 5.82 Å². The number of aryl methyl sites for hydroxylation is 2. The molecule has 1 amide bonds. The number of hydrogen-bond acceptors (Lipinski definition) is 5. The molecule has 2 aromatic heterocycles. The Morgan fingerprint density at radius 2 is 1.81 bits per heavy atom. The molecule has 1 unspecified atom stereocenters. The van der Waals surface area contributed by atoms with Gasteiger partial charge in [-0.1, -0.05) is 25.5 Å². The average Bonchev–Trinajstić information content (AvgIpc) is 2.98. The molecule has 1 aromatic carbocycles. The fourth-order valence-electron chi connectivity index (χ4n) is 5.65. The summed E-state index contributed by atoms with van der Waals surface area (Å²) in [5.41, 5.74) is 6.37. The van der Waals surface area contributed by atoms with Crippen LogP contribution in [0.15, 0.2) is 53.1 Å². The number of aromatic nitrogens is 2. The van der Waals surface area contributed by atoms with Crippen molar-refractivity contribution in [2.75, 3.05) is 39.5 Å². The number of rotatable bonds is 7. The smallest absolute Gasteiger partial charge is 0.257 e. The van der Waals surface area contributed by atoms with Crippen molar-refractivity contribution in [1.29, 1.82) is 0 Å². The molecule has 0 radical (unpaired) electrons. The van der Waals surface area contributed by atoms with Crippen molar-refractivity contribution < 1.29 is 9.18 Å². The topological polar surface area (TPSA) is 70.5 Å². The van der Waals surface area contributed by atoms with Crippen LogP contribution < -0.4 is 10.9 Å². The molecule has 0 aliphatic carbocycles. The maximum atomic E-state index is 15.2. The Balaban J connectivity index is 0.00000237. The monoisotopic (exact) mass is 575 g/mol. The molecule has 1 aliphatic rings. The summed E-state index contributed by atoms with van der Waals surface area (Å²) >= 11 is 0. The molecule has 7 nitrogen and oxygen atoms in total. The van der Waals surface area contributed by atoms with E-state index in [4.69, 9.17) is 0 Å². The van der Waals surface area contributed by atoms with E-state index in [0.29, 0.717) is 5.56 Å². The van der Waals surface area contributed by atoms with E-state index in [1.807, 2.05) is 45.9 Å². The molecule has 1 aliphatic heterocycles. The Bertz CT molecular complexity index is 1460. The van der Waals surface area contributed by atoms with E-state index in [0.717, 1.165) is 59.7 Å². The molecule has 3 heterocycles. The number of pyridine rings is 2. The molecule has 226 valence electrons. The number of hydrogen-bond donors (Lipinski definition) is 1. The molecular formula is C34H46FN5O2. The van der Waals surface area contributed by atoms with Gasteiger partial charge in [-0.25, -0.2) is 4.39 Å². The Labute approximate surface area is 250 Å². The highest BCUT2D eigenvalue weighted by atomic mass is 19.1. The minimum absolute atomic E-state index is 0.110. The number of carbonyl (C=O) groups excluding carboxylic acids is 1. The van der Waals surface area contributed by atoms with Crippen LogP contribution in [0.2, 0.25) is 0 Å². The number of likely N-dealkylation sites (tertiary alicyclic amines) is 1. The van der Waals surface area contributed by atoms with Gasteiger partial charge in [-0.15, -0.1) is 0 Å². The zero-order chi connectivity index (χ0) is 31.1. The lowest BCUT2D eigenvalue weighted by molar-refractivity contribution is 0.0827. The second kappa shape index (κ2) is 14.4. The Morgan fingerprint density at radius 3 is 2.38 bits per heavy atom. The molecule has 0 spiro atoms. The van der Waals surface area contributed by atoms with Gasteiger partial charge in [-0.2, -0.15) is 0 Å². The van der Waals surface area contributed by atoms with Crippen LogP contribution in [0.3, 0.4) is 0 Å². The van der Waals surface area contributed by atoms with E-state index in [1.54, 1.807) is 44.2 Å². The van der Waals surface area contributed by atoms with Gasteiger partial charge in [0.05, 0.1) is 5.69 Å². The van der Waals surface area contributed by atoms with E-state index in [1.165, 1.54) is 16.5 Å². The van der Waals surface area contributed by atoms with Gasteiger partial charge in [0.25, 0.3) is 11.5 Å². The van der Waals surface area contributed by atoms with Crippen molar-refractivity contribution in [3.05, 3.63) is 92.4 Å². The van der Waals surface area contributed by atoms with Crippen LogP contribution in [-0.2, 0) is 0 Å². The maximum Gasteiger partial charge on any atom is 0.257 e. The van der Waals surface area contributed by atoms with Gasteiger partial charge >= 0.3 is 0 Å². The zero-order valence-corrected chi connectivity index (χ0v) is 26.6. The van der Waals surface area contributed by atoms with Crippen LogP contribution in [0, 0.1) is 19.7 Å². The summed E-state index contributed by atoms with van der Waals surface area (Å²) in [6, 6.07) is 8.70. The Kier molecular flexibility index (Phi) is 11.2. The fourth-order valence-corrected chi connectivity index (χ4v) is 5.65. The summed E-state index contributed by atoms with van der Waals surface area (Å²) in [6.45, 7) is 13.9. The summed E-state index contributed by atoms with van der Waals surface area (Å²) in [6.07, 6.45) is 7.35. The highest BCUT2D eigenvalue weighted by Crippen LogP contribution is 2.34. The molecular weight excluding hydrogens is 529 g/mol. The molecule has 1 fully saturated rings. The number of nitrogens with one attached hydrogen (secondary N) is 1. The molecule has 1 atom stereocenters. The summed E-state index contributed by atoms with van der Waals surface area (Å²) < 4.78 is 16.9. The minimum Gasteiger partial charge on any atom is -0.388 e. The first-order chi connectivity index (χ1) is 20.0. The normalized spacial score (nSPS) is 15.0. The third-order valence-electron chi connectivity index (χ3n) is 8.14. The minimum atomic E-state index is -0.287. The first-order valence-electron chi connectivity index (χ1n) is 14.8. The van der Waals surface area contributed by atoms with Gasteiger partial charge in [-0.05, 0) is 94.9 Å². The predicted molar refractivity (Wildman–Crippen MR) is 171 cm³/mol. The first-order valence-corrected chi connectivity index (χ1v) is 14.8. The number of nitrogens with zero attached hydrogens (tertiary/aromatic N) is 4. The van der Waals surface area contributed by atoms with Gasteiger partial charge < -0.3 is 10.2 Å². The maximum absolute atomic E-state index is 15.2. The van der Waals surface area contributed by atoms with Crippen molar-refractivity contribution in [2.45, 2.75) is 66.3 Å². The van der Waals surface area contributed by atoms with Gasteiger partial charge in [-0.3, -0.25) is 24.0 Å². The summed E-state index contributed by atoms with van der Waals surface area (Å²) in [4.78, 5) is 33.6. The van der Waals surface area contributed by atoms with Crippen molar-refractivity contribution in [3.8, 4) is 5.69 Å². The standard InChI is InChI=1S/C32H40FN5O2.C2H6/c1-20(17-27-22(3)35-12-8-29(27)38-15-11-26(34-5)19-30(38)39)23(4)37-13-9-24(10-14-37)31-21(2)16-25(18-28(31)33)32(40)36(6)7;1-2/h8,11-12,15-19,23-24,34H,9-10,13-14H2,1-7H3;1-2H3/b20-17+;. The van der Waals surface area contributed by atoms with E-state index in [9.17, 15) is 9.59 Å². The van der Waals surface area contributed by atoms with Crippen LogP contribution in [0.5, 0.6) is 0 Å². The van der Waals surface area contributed by atoms with Crippen molar-refractivity contribution in [2.24, 2.45) is 0 Å². The zero-order valence-electron chi connectivity index (χ0n) is 26.6. The third-order valence-corrected chi connectivity index (χ3v) is 8.14. The van der Waals surface area contributed by atoms with Gasteiger partial charge in [0, 0.05) is 68.2 Å². The largest absolute Gasteiger partial charge is 0.388 e. The SMILES string of the molecule is CC.CNc1ccn(-c2ccnc(C)c2/C=C(\C)C(C)N2CCC(c3c(C)cc(C(=O)N(C)C)cc3F)CC2)c(=O)c1. The summed E-state index contributed by atoms with van der Waals surface area (Å²) in [5.74, 6) is -0.354. The third kappa shape index (κ3) is 7.16. The molecule has 1 saturated heterocycles. The predicted octanol–water partition coefficient (Wildman–Crippen LogP) is 6.43. The second-order valence-electron chi connectivity index (χ2n) is 11.0. The Morgan fingerprint density at radius 1 is 1.14 bits per heavy atom. The molecule has 0 saturated carbocycles. The Hall–Kier alpha value is -3.78. The van der Waals surface area contributed by atoms with E-state index >= 15 is 4.39 Å². The number of piperidine rings is 1. The van der Waals surface area contributed by atoms with Crippen molar-refractivity contribution >= 4 is 17.7 Å². The van der Waals surface area contributed by atoms with E-state index in [2.05, 4.69) is 35.1 Å². The lowest BCUT2D eigenvalue weighted by Gasteiger charge is -2.37. The number of anilines is 1. The summed E-state index contributed by atoms with van der Waals surface area (Å²) in [7, 11) is 5.14. The van der Waals surface area contributed by atoms with E-state index < -0.39 is 0 Å². The quantitative estimate of drug-likeness (QED) is 0.352. The second-order valence-corrected chi connectivity index (χ2v) is 11.0. The molecule has 3 aromatic rings. The van der Waals surface area contributed by atoms with Crippen molar-refractivity contribution in [1.82, 2.24) is 19.4 Å². The van der Waals surface area contributed by atoms with Crippen LogP contribution in [-0.4, -0.2) is 65.5 Å². The lowest BCUT2D eigenvalue weighted by Crippen LogP contribution is -2.40. The number of halogens is 1. The number of amides is 1. The van der Waals surface area contributed by atoms with Gasteiger partial charge in [0.2, 0.25) is 0 Å². The van der Waals surface area contributed by atoms with Crippen LogP contribution in [0.25, 0.3) is 11.8 Å². The summed E-state index contributed by atoms with van der Waals surface area (Å²) in [5, 5.41) is 3.01. The highest BCUT2D eigenvalue weighted by molar-refractivity contribution is 5.94. The van der Waals surface area contributed by atoms with E-state index in [-0.39, 0.29) is 29.2 Å². The van der Waals surface area contributed by atoms with Crippen LogP contribution >= 0.6 is 0 Å². The van der Waals surface area contributed by atoms with Gasteiger partial charge in [0.15, 0.2) is 0 Å². The van der Waals surface area contributed by atoms with Crippen LogP contribution in [0.4, 0.5) is 10.1 Å². The van der Waals surface area contributed by atoms with Crippen molar-refractivity contribution in [3.63, 3.8) is 0 Å². The number of carbonyl (C=O) groups is 1. The molecule has 4 rings (SSSR count). The van der Waals surface area contributed by atoms with Crippen LogP contribution in [0.1, 0.15) is 79.2 Å². The number of benzene rings is 1. The lowest BCUT2D eigenvalue weighted by atomic mass is 9.85. The average molecular weight is 576 g/mol. The molecule has 0 bridgehead atoms. The highest BCUT2D eigenvalue weighted by Gasteiger charge is 2.28. The first kappa shape index (κ1) is 32.7. The molecule has 42 heavy (non-hydrogen) atoms. The fraction of sp³-hybridized carbons (Fsp3) is 0.441. The molecule has 1 N–H and O–H groups in total. The molecule has 8 heteroatoms.